The van der Waals surface area contributed by atoms with Crippen molar-refractivity contribution in [2.75, 3.05) is 6.61 Å². The molecule has 33 heavy (non-hydrogen) atoms. The summed E-state index contributed by atoms with van der Waals surface area (Å²) in [5, 5.41) is 2.60. The van der Waals surface area contributed by atoms with Gasteiger partial charge in [-0.2, -0.15) is 4.98 Å². The molecule has 1 aliphatic heterocycles. The van der Waals surface area contributed by atoms with Crippen LogP contribution in [0.4, 0.5) is 0 Å². The smallest absolute Gasteiger partial charge is 0.397 e. The first kappa shape index (κ1) is 24.0. The monoisotopic (exact) mass is 464 g/mol. The van der Waals surface area contributed by atoms with Crippen LogP contribution < -0.4 is 10.1 Å². The number of amides is 1. The van der Waals surface area contributed by atoms with Gasteiger partial charge in [-0.05, 0) is 12.1 Å². The highest BCUT2D eigenvalue weighted by atomic mass is 16.7. The van der Waals surface area contributed by atoms with Crippen LogP contribution in [0, 0.1) is 0 Å². The minimum absolute atomic E-state index is 0.171. The molecule has 2 heterocycles. The Morgan fingerprint density at radius 2 is 1.64 bits per heavy atom. The van der Waals surface area contributed by atoms with Crippen LogP contribution in [0.1, 0.15) is 27.7 Å². The predicted molar refractivity (Wildman–Crippen MR) is 109 cm³/mol. The van der Waals surface area contributed by atoms with E-state index < -0.39 is 54.5 Å². The van der Waals surface area contributed by atoms with Crippen LogP contribution >= 0.6 is 0 Å². The third-order valence-corrected chi connectivity index (χ3v) is 4.56. The number of nitrogens with one attached hydrogen (secondary N) is 1. The zero-order chi connectivity index (χ0) is 24.1. The number of hydrogen-bond donors (Lipinski definition) is 1. The van der Waals surface area contributed by atoms with Crippen molar-refractivity contribution >= 4 is 34.9 Å². The molecule has 5 atom stereocenters. The van der Waals surface area contributed by atoms with E-state index in [0.717, 1.165) is 13.8 Å². The molecule has 0 aliphatic carbocycles. The Bertz CT molecular complexity index is 1000. The summed E-state index contributed by atoms with van der Waals surface area (Å²) in [6.07, 6.45) is -5.03. The number of fused-ring (bicyclic) bond motifs is 1. The molecule has 1 saturated heterocycles. The summed E-state index contributed by atoms with van der Waals surface area (Å²) < 4.78 is 33.0. The van der Waals surface area contributed by atoms with Crippen molar-refractivity contribution in [2.45, 2.75) is 58.3 Å². The number of carbonyl (C=O) groups is 4. The zero-order valence-electron chi connectivity index (χ0n) is 18.4. The van der Waals surface area contributed by atoms with Gasteiger partial charge in [0.05, 0.1) is 0 Å². The molecule has 3 rings (SSSR count). The molecule has 1 aromatic carbocycles. The standard InChI is InChI=1S/C21H24N2O10/c1-10(24)22-17-19(30-13(4)27)18(29-12(3)26)16(9-28-11(2)25)31-20(17)33-21-23-14-7-5-6-8-15(14)32-21/h5-8,16-20H,9H2,1-4H3,(H,22,24)/t16-,17-,18+,19+,20+/m0/s1. The lowest BCUT2D eigenvalue weighted by atomic mass is 9.96. The second-order valence-corrected chi connectivity index (χ2v) is 7.29. The van der Waals surface area contributed by atoms with Crippen molar-refractivity contribution in [3.8, 4) is 6.08 Å². The van der Waals surface area contributed by atoms with Gasteiger partial charge >= 0.3 is 24.0 Å². The van der Waals surface area contributed by atoms with Crippen LogP contribution in [-0.4, -0.2) is 66.0 Å². The number of ether oxygens (including phenoxy) is 5. The van der Waals surface area contributed by atoms with Crippen molar-refractivity contribution < 1.29 is 47.3 Å². The first-order chi connectivity index (χ1) is 15.6. The first-order valence-corrected chi connectivity index (χ1v) is 10.1. The van der Waals surface area contributed by atoms with E-state index in [2.05, 4.69) is 10.3 Å². The average molecular weight is 464 g/mol. The van der Waals surface area contributed by atoms with Gasteiger partial charge in [0, 0.05) is 27.7 Å². The number of oxazole rings is 1. The molecule has 0 bridgehead atoms. The van der Waals surface area contributed by atoms with E-state index in [0.29, 0.717) is 11.1 Å². The molecule has 1 fully saturated rings. The second kappa shape index (κ2) is 10.3. The number of esters is 3. The first-order valence-electron chi connectivity index (χ1n) is 10.1. The number of para-hydroxylation sites is 2. The van der Waals surface area contributed by atoms with E-state index in [4.69, 9.17) is 28.1 Å². The summed E-state index contributed by atoms with van der Waals surface area (Å²) in [6.45, 7) is 4.41. The summed E-state index contributed by atoms with van der Waals surface area (Å²) in [7, 11) is 0. The van der Waals surface area contributed by atoms with Crippen molar-refractivity contribution in [3.63, 3.8) is 0 Å². The van der Waals surface area contributed by atoms with Crippen LogP contribution in [0.25, 0.3) is 11.1 Å². The lowest BCUT2D eigenvalue weighted by Gasteiger charge is -2.44. The summed E-state index contributed by atoms with van der Waals surface area (Å²) in [6, 6.07) is 5.79. The fraction of sp³-hybridized carbons (Fsp3) is 0.476. The molecule has 0 spiro atoms. The minimum atomic E-state index is -1.31. The van der Waals surface area contributed by atoms with Crippen LogP contribution in [-0.2, 0) is 38.1 Å². The minimum Gasteiger partial charge on any atom is -0.463 e. The summed E-state index contributed by atoms with van der Waals surface area (Å²) in [5.41, 5.74) is 0.968. The largest absolute Gasteiger partial charge is 0.463 e. The van der Waals surface area contributed by atoms with Crippen molar-refractivity contribution in [3.05, 3.63) is 24.3 Å². The van der Waals surface area contributed by atoms with Gasteiger partial charge in [-0.3, -0.25) is 19.2 Å². The van der Waals surface area contributed by atoms with Gasteiger partial charge in [-0.15, -0.1) is 0 Å². The number of nitrogens with zero attached hydrogens (tertiary/aromatic N) is 1. The SMILES string of the molecule is CC(=O)N[C@@H]1[C@@H](Oc2nc3ccccc3o2)O[C@@H](COC(C)=O)[C@@H](OC(C)=O)[C@@H]1OC(C)=O. The third-order valence-electron chi connectivity index (χ3n) is 4.56. The van der Waals surface area contributed by atoms with E-state index in [9.17, 15) is 19.2 Å². The quantitative estimate of drug-likeness (QED) is 0.459. The van der Waals surface area contributed by atoms with Gasteiger partial charge in [-0.25, -0.2) is 0 Å². The molecule has 178 valence electrons. The summed E-state index contributed by atoms with van der Waals surface area (Å²) in [4.78, 5) is 51.1. The molecule has 1 aliphatic rings. The highest BCUT2D eigenvalue weighted by Crippen LogP contribution is 2.30. The number of hydrogen-bond acceptors (Lipinski definition) is 11. The molecule has 1 N–H and O–H groups in total. The van der Waals surface area contributed by atoms with Crippen LogP contribution in [0.3, 0.4) is 0 Å². The Morgan fingerprint density at radius 3 is 2.24 bits per heavy atom. The van der Waals surface area contributed by atoms with E-state index >= 15 is 0 Å². The summed E-state index contributed by atoms with van der Waals surface area (Å²) in [5.74, 6) is -2.51. The molecular weight excluding hydrogens is 440 g/mol. The van der Waals surface area contributed by atoms with E-state index in [1.807, 2.05) is 0 Å². The Labute approximate surface area is 188 Å². The van der Waals surface area contributed by atoms with Crippen LogP contribution in [0.5, 0.6) is 6.08 Å². The Morgan fingerprint density at radius 1 is 0.970 bits per heavy atom. The molecular formula is C21H24N2O10. The number of carbonyl (C=O) groups excluding carboxylic acids is 4. The Kier molecular flexibility index (Phi) is 7.48. The topological polar surface area (TPSA) is 152 Å². The number of rotatable bonds is 7. The summed E-state index contributed by atoms with van der Waals surface area (Å²) >= 11 is 0. The molecule has 0 saturated carbocycles. The molecule has 12 nitrogen and oxygen atoms in total. The van der Waals surface area contributed by atoms with Gasteiger partial charge in [-0.1, -0.05) is 12.1 Å². The highest BCUT2D eigenvalue weighted by molar-refractivity contribution is 5.74. The third kappa shape index (κ3) is 6.19. The maximum absolute atomic E-state index is 11.9. The Balaban J connectivity index is 1.98. The highest BCUT2D eigenvalue weighted by Gasteiger charge is 2.52. The number of aromatic nitrogens is 1. The van der Waals surface area contributed by atoms with Gasteiger partial charge in [0.15, 0.2) is 17.8 Å². The molecule has 1 amide bonds. The maximum Gasteiger partial charge on any atom is 0.397 e. The van der Waals surface area contributed by atoms with Gasteiger partial charge in [0.1, 0.15) is 24.3 Å². The molecule has 12 heteroatoms. The molecule has 1 aromatic heterocycles. The molecule has 0 unspecified atom stereocenters. The zero-order valence-corrected chi connectivity index (χ0v) is 18.4. The molecule has 0 radical (unpaired) electrons. The fourth-order valence-corrected chi connectivity index (χ4v) is 3.39. The van der Waals surface area contributed by atoms with Crippen LogP contribution in [0.2, 0.25) is 0 Å². The maximum atomic E-state index is 11.9. The lowest BCUT2D eigenvalue weighted by Crippen LogP contribution is -2.67. The average Bonchev–Trinajstić information content (AvgIpc) is 3.12. The second-order valence-electron chi connectivity index (χ2n) is 7.29. The molecule has 2 aromatic rings. The van der Waals surface area contributed by atoms with Crippen molar-refractivity contribution in [1.82, 2.24) is 10.3 Å². The van der Waals surface area contributed by atoms with E-state index in [1.165, 1.54) is 13.8 Å². The van der Waals surface area contributed by atoms with Crippen molar-refractivity contribution in [1.29, 1.82) is 0 Å². The number of benzene rings is 1. The Hall–Kier alpha value is -3.67. The van der Waals surface area contributed by atoms with Crippen LogP contribution in [0.15, 0.2) is 28.7 Å². The fourth-order valence-electron chi connectivity index (χ4n) is 3.39. The lowest BCUT2D eigenvalue weighted by molar-refractivity contribution is -0.259. The normalized spacial score (nSPS) is 24.5. The van der Waals surface area contributed by atoms with Gasteiger partial charge in [0.25, 0.3) is 0 Å². The van der Waals surface area contributed by atoms with Gasteiger partial charge < -0.3 is 33.4 Å². The van der Waals surface area contributed by atoms with Crippen molar-refractivity contribution in [2.24, 2.45) is 0 Å². The predicted octanol–water partition coefficient (Wildman–Crippen LogP) is 0.863. The van der Waals surface area contributed by atoms with Gasteiger partial charge in [0.2, 0.25) is 12.2 Å². The van der Waals surface area contributed by atoms with E-state index in [1.54, 1.807) is 24.3 Å². The van der Waals surface area contributed by atoms with E-state index in [-0.39, 0.29) is 12.7 Å².